The second-order valence-corrected chi connectivity index (χ2v) is 3.11. The van der Waals surface area contributed by atoms with Gasteiger partial charge < -0.3 is 0 Å². The molecule has 1 aliphatic carbocycles. The average molecular weight is 122 g/mol. The summed E-state index contributed by atoms with van der Waals surface area (Å²) >= 11 is 0. The minimum atomic E-state index is 0.740. The molecule has 0 fully saturated rings. The Balaban J connectivity index is 2.79. The lowest BCUT2D eigenvalue weighted by atomic mass is 9.88. The first-order valence-electron chi connectivity index (χ1n) is 3.63. The van der Waals surface area contributed by atoms with E-state index in [2.05, 4.69) is 32.6 Å². The maximum atomic E-state index is 3.27. The number of hydrogen-bond donors (Lipinski definition) is 0. The Morgan fingerprint density at radius 1 is 1.56 bits per heavy atom. The summed E-state index contributed by atoms with van der Waals surface area (Å²) in [5, 5.41) is 0. The Morgan fingerprint density at radius 3 is 2.67 bits per heavy atom. The molecule has 0 aromatic carbocycles. The normalized spacial score (nSPS) is 34.3. The van der Waals surface area contributed by atoms with E-state index in [9.17, 15) is 0 Å². The third-order valence-electron chi connectivity index (χ3n) is 2.06. The molecular weight excluding hydrogens is 108 g/mol. The van der Waals surface area contributed by atoms with Gasteiger partial charge in [-0.25, -0.2) is 0 Å². The lowest BCUT2D eigenvalue weighted by Crippen LogP contribution is -2.04. The van der Waals surface area contributed by atoms with E-state index in [1.807, 2.05) is 0 Å². The largest absolute Gasteiger partial charge is 0.126 e. The molecule has 0 aromatic rings. The molecule has 0 aliphatic heterocycles. The third-order valence-corrected chi connectivity index (χ3v) is 2.06. The topological polar surface area (TPSA) is 0 Å². The molecule has 2 atom stereocenters. The summed E-state index contributed by atoms with van der Waals surface area (Å²) in [6.07, 6.45) is 3.48. The Morgan fingerprint density at radius 2 is 2.22 bits per heavy atom. The van der Waals surface area contributed by atoms with Crippen molar-refractivity contribution in [2.45, 2.75) is 27.2 Å². The van der Waals surface area contributed by atoms with Crippen LogP contribution in [0.5, 0.6) is 0 Å². The number of rotatable bonds is 0. The monoisotopic (exact) mass is 122 g/mol. The molecule has 0 N–H and O–H groups in total. The molecular formula is C9H14. The van der Waals surface area contributed by atoms with Crippen LogP contribution in [0.15, 0.2) is 17.4 Å². The Bertz CT molecular complexity index is 159. The van der Waals surface area contributed by atoms with Crippen molar-refractivity contribution in [3.63, 3.8) is 0 Å². The maximum Gasteiger partial charge on any atom is -0.0153 e. The van der Waals surface area contributed by atoms with Crippen molar-refractivity contribution in [2.75, 3.05) is 0 Å². The van der Waals surface area contributed by atoms with Crippen molar-refractivity contribution >= 4 is 0 Å². The summed E-state index contributed by atoms with van der Waals surface area (Å²) in [5.41, 5.74) is 4.68. The maximum absolute atomic E-state index is 3.27. The first kappa shape index (κ1) is 6.64. The van der Waals surface area contributed by atoms with Gasteiger partial charge in [-0.1, -0.05) is 13.8 Å². The lowest BCUT2D eigenvalue weighted by Gasteiger charge is -2.16. The fourth-order valence-corrected chi connectivity index (χ4v) is 1.22. The first-order valence-corrected chi connectivity index (χ1v) is 3.63. The first-order chi connectivity index (χ1) is 4.20. The molecule has 2 unspecified atom stereocenters. The zero-order chi connectivity index (χ0) is 6.85. The van der Waals surface area contributed by atoms with Crippen LogP contribution < -0.4 is 0 Å². The minimum absolute atomic E-state index is 0.740. The van der Waals surface area contributed by atoms with Crippen molar-refractivity contribution in [3.8, 4) is 0 Å². The summed E-state index contributed by atoms with van der Waals surface area (Å²) in [6, 6.07) is 0. The third kappa shape index (κ3) is 1.46. The molecule has 1 rings (SSSR count). The quantitative estimate of drug-likeness (QED) is 0.433. The van der Waals surface area contributed by atoms with Gasteiger partial charge in [-0.15, -0.1) is 5.73 Å². The lowest BCUT2D eigenvalue weighted by molar-refractivity contribution is 0.511. The Hall–Kier alpha value is -0.480. The standard InChI is InChI=1S/C9H14/c1-7-4-5-8(2)9(3)6-7/h4,7,9H,6H2,1-3H3. The van der Waals surface area contributed by atoms with Crippen LogP contribution >= 0.6 is 0 Å². The zero-order valence-electron chi connectivity index (χ0n) is 6.44. The van der Waals surface area contributed by atoms with Crippen LogP contribution in [0.25, 0.3) is 0 Å². The van der Waals surface area contributed by atoms with Crippen molar-refractivity contribution < 1.29 is 0 Å². The van der Waals surface area contributed by atoms with E-state index >= 15 is 0 Å². The van der Waals surface area contributed by atoms with Crippen molar-refractivity contribution in [1.82, 2.24) is 0 Å². The van der Waals surface area contributed by atoms with E-state index in [4.69, 9.17) is 0 Å². The number of allylic oxidation sites excluding steroid dienone is 1. The van der Waals surface area contributed by atoms with E-state index in [1.165, 1.54) is 12.0 Å². The summed E-state index contributed by atoms with van der Waals surface area (Å²) in [7, 11) is 0. The zero-order valence-corrected chi connectivity index (χ0v) is 6.44. The van der Waals surface area contributed by atoms with E-state index in [0.29, 0.717) is 0 Å². The number of hydrogen-bond acceptors (Lipinski definition) is 0. The molecule has 50 valence electrons. The molecule has 0 heterocycles. The van der Waals surface area contributed by atoms with Gasteiger partial charge in [0, 0.05) is 0 Å². The van der Waals surface area contributed by atoms with Crippen molar-refractivity contribution in [3.05, 3.63) is 17.4 Å². The van der Waals surface area contributed by atoms with Gasteiger partial charge in [0.05, 0.1) is 0 Å². The van der Waals surface area contributed by atoms with Crippen LogP contribution in [0, 0.1) is 11.8 Å². The van der Waals surface area contributed by atoms with Crippen molar-refractivity contribution in [1.29, 1.82) is 0 Å². The molecule has 1 aliphatic rings. The van der Waals surface area contributed by atoms with Crippen LogP contribution in [-0.2, 0) is 0 Å². The van der Waals surface area contributed by atoms with E-state index in [-0.39, 0.29) is 0 Å². The van der Waals surface area contributed by atoms with Gasteiger partial charge in [-0.05, 0) is 36.8 Å². The van der Waals surface area contributed by atoms with Crippen LogP contribution in [0.4, 0.5) is 0 Å². The molecule has 0 spiro atoms. The summed E-state index contributed by atoms with van der Waals surface area (Å²) in [6.45, 7) is 6.68. The van der Waals surface area contributed by atoms with E-state index < -0.39 is 0 Å². The van der Waals surface area contributed by atoms with Gasteiger partial charge in [0.2, 0.25) is 0 Å². The predicted molar refractivity (Wildman–Crippen MR) is 40.2 cm³/mol. The SMILES string of the molecule is CC1=C=CC(C)CC1C. The Labute approximate surface area is 57.3 Å². The molecule has 0 radical (unpaired) electrons. The van der Waals surface area contributed by atoms with Crippen molar-refractivity contribution in [2.24, 2.45) is 11.8 Å². The average Bonchev–Trinajstić information content (AvgIpc) is 1.80. The van der Waals surface area contributed by atoms with Crippen LogP contribution in [0.2, 0.25) is 0 Å². The minimum Gasteiger partial charge on any atom is -0.126 e. The fraction of sp³-hybridized carbons (Fsp3) is 0.667. The van der Waals surface area contributed by atoms with Gasteiger partial charge in [-0.3, -0.25) is 0 Å². The molecule has 9 heavy (non-hydrogen) atoms. The highest BCUT2D eigenvalue weighted by atomic mass is 14.1. The molecule has 0 aromatic heterocycles. The second kappa shape index (κ2) is 2.41. The van der Waals surface area contributed by atoms with Gasteiger partial charge >= 0.3 is 0 Å². The molecule has 0 bridgehead atoms. The van der Waals surface area contributed by atoms with Gasteiger partial charge in [0.15, 0.2) is 0 Å². The van der Waals surface area contributed by atoms with Crippen LogP contribution in [0.1, 0.15) is 27.2 Å². The smallest absolute Gasteiger partial charge is 0.0153 e. The van der Waals surface area contributed by atoms with Gasteiger partial charge in [0.1, 0.15) is 0 Å². The van der Waals surface area contributed by atoms with Gasteiger partial charge in [-0.2, -0.15) is 0 Å². The van der Waals surface area contributed by atoms with Crippen LogP contribution in [-0.4, -0.2) is 0 Å². The Kier molecular flexibility index (Phi) is 1.78. The fourth-order valence-electron chi connectivity index (χ4n) is 1.22. The molecule has 0 heteroatoms. The molecule has 0 saturated heterocycles. The van der Waals surface area contributed by atoms with Crippen LogP contribution in [0.3, 0.4) is 0 Å². The highest BCUT2D eigenvalue weighted by Crippen LogP contribution is 2.22. The van der Waals surface area contributed by atoms with E-state index in [1.54, 1.807) is 0 Å². The van der Waals surface area contributed by atoms with Gasteiger partial charge in [0.25, 0.3) is 0 Å². The summed E-state index contributed by atoms with van der Waals surface area (Å²) in [4.78, 5) is 0. The highest BCUT2D eigenvalue weighted by Gasteiger charge is 2.10. The molecule has 0 amide bonds. The second-order valence-electron chi connectivity index (χ2n) is 3.11. The predicted octanol–water partition coefficient (Wildman–Crippen LogP) is 2.76. The highest BCUT2D eigenvalue weighted by molar-refractivity contribution is 5.08. The molecule has 0 nitrogen and oxygen atoms in total. The van der Waals surface area contributed by atoms with E-state index in [0.717, 1.165) is 11.8 Å². The summed E-state index contributed by atoms with van der Waals surface area (Å²) < 4.78 is 0. The molecule has 0 saturated carbocycles. The summed E-state index contributed by atoms with van der Waals surface area (Å²) in [5.74, 6) is 1.49.